The summed E-state index contributed by atoms with van der Waals surface area (Å²) in [6.45, 7) is 0. The Labute approximate surface area is 108 Å². The van der Waals surface area contributed by atoms with Crippen LogP contribution in [0.2, 0.25) is 0 Å². The molecule has 1 rings (SSSR count). The van der Waals surface area contributed by atoms with E-state index < -0.39 is 18.0 Å². The van der Waals surface area contributed by atoms with E-state index in [9.17, 15) is 9.59 Å². The smallest absolute Gasteiger partial charge is 0.326 e. The van der Waals surface area contributed by atoms with Crippen molar-refractivity contribution in [2.24, 2.45) is 7.05 Å². The molecule has 1 aromatic heterocycles. The summed E-state index contributed by atoms with van der Waals surface area (Å²) in [5.74, 6) is -0.153. The van der Waals surface area contributed by atoms with Gasteiger partial charge >= 0.3 is 12.0 Å². The molecule has 0 radical (unpaired) electrons. The number of hydrogen-bond donors (Lipinski definition) is 3. The van der Waals surface area contributed by atoms with Crippen molar-refractivity contribution < 1.29 is 14.7 Å². The van der Waals surface area contributed by atoms with Crippen LogP contribution < -0.4 is 10.6 Å². The van der Waals surface area contributed by atoms with Gasteiger partial charge in [-0.25, -0.2) is 14.3 Å². The first-order chi connectivity index (χ1) is 8.54. The van der Waals surface area contributed by atoms with Gasteiger partial charge in [0.1, 0.15) is 12.4 Å². The molecule has 0 bridgehead atoms. The molecule has 0 spiro atoms. The summed E-state index contributed by atoms with van der Waals surface area (Å²) in [5, 5.41) is 17.5. The van der Waals surface area contributed by atoms with Gasteiger partial charge in [0.05, 0.1) is 0 Å². The molecule has 0 saturated heterocycles. The summed E-state index contributed by atoms with van der Waals surface area (Å²) in [6.07, 6.45) is 3.53. The maximum Gasteiger partial charge on any atom is 0.326 e. The number of carbonyl (C=O) groups is 2. The van der Waals surface area contributed by atoms with E-state index in [1.165, 1.54) is 22.8 Å². The first kappa shape index (κ1) is 14.3. The number of thioether (sulfide) groups is 1. The number of hydrogen-bond acceptors (Lipinski definition) is 5. The van der Waals surface area contributed by atoms with E-state index in [0.29, 0.717) is 12.2 Å². The second-order valence-corrected chi connectivity index (χ2v) is 4.46. The first-order valence-corrected chi connectivity index (χ1v) is 6.57. The van der Waals surface area contributed by atoms with Gasteiger partial charge in [0.2, 0.25) is 5.95 Å². The number of urea groups is 1. The monoisotopic (exact) mass is 273 g/mol. The molecule has 1 heterocycles. The van der Waals surface area contributed by atoms with Crippen LogP contribution in [0.15, 0.2) is 6.33 Å². The Kier molecular flexibility index (Phi) is 5.43. The molecule has 0 aliphatic rings. The minimum Gasteiger partial charge on any atom is -0.480 e. The van der Waals surface area contributed by atoms with Crippen LogP contribution >= 0.6 is 11.8 Å². The van der Waals surface area contributed by atoms with Crippen LogP contribution in [0.1, 0.15) is 6.42 Å². The summed E-state index contributed by atoms with van der Waals surface area (Å²) < 4.78 is 1.37. The number of nitrogens with zero attached hydrogens (tertiary/aromatic N) is 3. The fraction of sp³-hybridized carbons (Fsp3) is 0.556. The molecule has 2 amide bonds. The van der Waals surface area contributed by atoms with Crippen LogP contribution in [-0.2, 0) is 11.8 Å². The number of aliphatic carboxylic acids is 1. The zero-order chi connectivity index (χ0) is 13.5. The number of carbonyl (C=O) groups excluding carboxylic acids is 1. The zero-order valence-electron chi connectivity index (χ0n) is 10.1. The van der Waals surface area contributed by atoms with Gasteiger partial charge in [-0.2, -0.15) is 21.8 Å². The molecule has 0 aliphatic heterocycles. The predicted molar refractivity (Wildman–Crippen MR) is 67.6 cm³/mol. The normalized spacial score (nSPS) is 11.9. The molecule has 9 heteroatoms. The lowest BCUT2D eigenvalue weighted by Crippen LogP contribution is -2.43. The summed E-state index contributed by atoms with van der Waals surface area (Å²) in [7, 11) is 1.62. The summed E-state index contributed by atoms with van der Waals surface area (Å²) in [4.78, 5) is 26.3. The topological polar surface area (TPSA) is 109 Å². The molecule has 3 N–H and O–H groups in total. The SMILES string of the molecule is CSCCC(NC(=O)Nc1ncnn1C)C(=O)O. The number of aromatic nitrogens is 3. The molecular formula is C9H15N5O3S. The van der Waals surface area contributed by atoms with Crippen LogP contribution in [0.5, 0.6) is 0 Å². The number of rotatable bonds is 6. The average molecular weight is 273 g/mol. The van der Waals surface area contributed by atoms with E-state index in [1.807, 2.05) is 6.26 Å². The Bertz CT molecular complexity index is 422. The molecule has 100 valence electrons. The molecule has 0 saturated carbocycles. The number of amides is 2. The fourth-order valence-electron chi connectivity index (χ4n) is 1.20. The van der Waals surface area contributed by atoms with Gasteiger partial charge in [0.25, 0.3) is 0 Å². The molecule has 0 fully saturated rings. The number of anilines is 1. The van der Waals surface area contributed by atoms with Crippen molar-refractivity contribution in [3.8, 4) is 0 Å². The van der Waals surface area contributed by atoms with Gasteiger partial charge in [-0.1, -0.05) is 0 Å². The fourth-order valence-corrected chi connectivity index (χ4v) is 1.67. The van der Waals surface area contributed by atoms with Crippen molar-refractivity contribution in [1.82, 2.24) is 20.1 Å². The molecule has 1 unspecified atom stereocenters. The Balaban J connectivity index is 2.51. The summed E-state index contributed by atoms with van der Waals surface area (Å²) in [5.41, 5.74) is 0. The van der Waals surface area contributed by atoms with E-state index in [4.69, 9.17) is 5.11 Å². The Morgan fingerprint density at radius 3 is 2.83 bits per heavy atom. The van der Waals surface area contributed by atoms with Gasteiger partial charge in [-0.15, -0.1) is 0 Å². The van der Waals surface area contributed by atoms with Crippen LogP contribution in [-0.4, -0.2) is 49.9 Å². The summed E-state index contributed by atoms with van der Waals surface area (Å²) >= 11 is 1.52. The van der Waals surface area contributed by atoms with Crippen molar-refractivity contribution in [2.45, 2.75) is 12.5 Å². The molecule has 0 aromatic carbocycles. The molecule has 18 heavy (non-hydrogen) atoms. The van der Waals surface area contributed by atoms with Crippen LogP contribution in [0.25, 0.3) is 0 Å². The van der Waals surface area contributed by atoms with Gasteiger partial charge < -0.3 is 10.4 Å². The summed E-state index contributed by atoms with van der Waals surface area (Å²) in [6, 6.07) is -1.52. The Morgan fingerprint density at radius 1 is 1.61 bits per heavy atom. The van der Waals surface area contributed by atoms with Gasteiger partial charge in [0, 0.05) is 7.05 Å². The van der Waals surface area contributed by atoms with Crippen molar-refractivity contribution in [3.05, 3.63) is 6.33 Å². The molecule has 0 aliphatic carbocycles. The van der Waals surface area contributed by atoms with Crippen molar-refractivity contribution in [1.29, 1.82) is 0 Å². The maximum absolute atomic E-state index is 11.6. The highest BCUT2D eigenvalue weighted by Gasteiger charge is 2.19. The third-order valence-corrected chi connectivity index (χ3v) is 2.79. The zero-order valence-corrected chi connectivity index (χ0v) is 10.9. The van der Waals surface area contributed by atoms with Crippen molar-refractivity contribution >= 4 is 29.7 Å². The Hall–Kier alpha value is -1.77. The van der Waals surface area contributed by atoms with E-state index in [-0.39, 0.29) is 5.95 Å². The average Bonchev–Trinajstić information content (AvgIpc) is 2.70. The first-order valence-electron chi connectivity index (χ1n) is 5.18. The van der Waals surface area contributed by atoms with Crippen molar-refractivity contribution in [2.75, 3.05) is 17.3 Å². The standard InChI is InChI=1S/C9H15N5O3S/c1-14-8(10-5-11-14)13-9(17)12-6(7(15)16)3-4-18-2/h5-6H,3-4H2,1-2H3,(H,15,16)(H2,10,11,12,13,17). The number of carboxylic acid groups (broad SMARTS) is 1. The maximum atomic E-state index is 11.6. The highest BCUT2D eigenvalue weighted by Crippen LogP contribution is 2.02. The van der Waals surface area contributed by atoms with E-state index in [1.54, 1.807) is 7.05 Å². The van der Waals surface area contributed by atoms with E-state index >= 15 is 0 Å². The van der Waals surface area contributed by atoms with Crippen LogP contribution in [0, 0.1) is 0 Å². The third-order valence-electron chi connectivity index (χ3n) is 2.15. The number of nitrogens with one attached hydrogen (secondary N) is 2. The molecular weight excluding hydrogens is 258 g/mol. The van der Waals surface area contributed by atoms with Crippen LogP contribution in [0.3, 0.4) is 0 Å². The van der Waals surface area contributed by atoms with Gasteiger partial charge in [-0.3, -0.25) is 5.32 Å². The number of carboxylic acids is 1. The number of aryl methyl sites for hydroxylation is 1. The third kappa shape index (κ3) is 4.24. The van der Waals surface area contributed by atoms with E-state index in [2.05, 4.69) is 20.7 Å². The van der Waals surface area contributed by atoms with Gasteiger partial charge in [-0.05, 0) is 18.4 Å². The lowest BCUT2D eigenvalue weighted by molar-refractivity contribution is -0.139. The minimum atomic E-state index is -1.06. The highest BCUT2D eigenvalue weighted by atomic mass is 32.2. The quantitative estimate of drug-likeness (QED) is 0.680. The lowest BCUT2D eigenvalue weighted by Gasteiger charge is -2.14. The molecule has 1 atom stereocenters. The van der Waals surface area contributed by atoms with Crippen LogP contribution in [0.4, 0.5) is 10.7 Å². The van der Waals surface area contributed by atoms with E-state index in [0.717, 1.165) is 0 Å². The van der Waals surface area contributed by atoms with Crippen molar-refractivity contribution in [3.63, 3.8) is 0 Å². The minimum absolute atomic E-state index is 0.251. The predicted octanol–water partition coefficient (Wildman–Crippen LogP) is 0.143. The molecule has 8 nitrogen and oxygen atoms in total. The van der Waals surface area contributed by atoms with Gasteiger partial charge in [0.15, 0.2) is 0 Å². The molecule has 1 aromatic rings. The second-order valence-electron chi connectivity index (χ2n) is 3.48. The second kappa shape index (κ2) is 6.84. The lowest BCUT2D eigenvalue weighted by atomic mass is 10.2. The highest BCUT2D eigenvalue weighted by molar-refractivity contribution is 7.98. The largest absolute Gasteiger partial charge is 0.480 e. The Morgan fingerprint density at radius 2 is 2.33 bits per heavy atom.